The minimum atomic E-state index is -0.364. The van der Waals surface area contributed by atoms with Crippen molar-refractivity contribution in [2.75, 3.05) is 0 Å². The first-order chi connectivity index (χ1) is 21.8. The molecule has 0 saturated carbocycles. The van der Waals surface area contributed by atoms with E-state index in [0.29, 0.717) is 34.5 Å². The summed E-state index contributed by atoms with van der Waals surface area (Å²) in [5.41, 5.74) is 3.25. The van der Waals surface area contributed by atoms with Crippen LogP contribution < -0.4 is 9.47 Å². The summed E-state index contributed by atoms with van der Waals surface area (Å²) in [7, 11) is 0. The van der Waals surface area contributed by atoms with Crippen LogP contribution in [0.15, 0.2) is 109 Å². The van der Waals surface area contributed by atoms with Crippen molar-refractivity contribution in [3.05, 3.63) is 131 Å². The Kier molecular flexibility index (Phi) is 12.6. The number of carbonyl (C=O) groups is 2. The molecule has 4 aromatic rings. The van der Waals surface area contributed by atoms with E-state index in [0.717, 1.165) is 25.7 Å². The maximum Gasteiger partial charge on any atom is 0.343 e. The van der Waals surface area contributed by atoms with Crippen LogP contribution in [-0.2, 0) is 5.41 Å². The van der Waals surface area contributed by atoms with Crippen molar-refractivity contribution in [2.24, 2.45) is 11.8 Å². The van der Waals surface area contributed by atoms with Crippen molar-refractivity contribution in [1.29, 1.82) is 0 Å². The second kappa shape index (κ2) is 16.8. The molecule has 0 aliphatic carbocycles. The molecule has 0 radical (unpaired) electrons. The summed E-state index contributed by atoms with van der Waals surface area (Å²) in [6.45, 7) is 9.17. The molecule has 0 heterocycles. The first-order valence-electron chi connectivity index (χ1n) is 16.6. The topological polar surface area (TPSA) is 52.6 Å². The Labute approximate surface area is 269 Å². The molecule has 0 fully saturated rings. The lowest BCUT2D eigenvalue weighted by molar-refractivity contribution is 0.0725. The maximum absolute atomic E-state index is 12.7. The van der Waals surface area contributed by atoms with Gasteiger partial charge in [0.2, 0.25) is 0 Å². The Bertz CT molecular complexity index is 1360. The van der Waals surface area contributed by atoms with Crippen LogP contribution in [-0.4, -0.2) is 11.9 Å². The summed E-state index contributed by atoms with van der Waals surface area (Å²) in [4.78, 5) is 25.5. The van der Waals surface area contributed by atoms with E-state index < -0.39 is 0 Å². The fraction of sp³-hybridized carbons (Fsp3) is 0.366. The molecular weight excluding hydrogens is 556 g/mol. The van der Waals surface area contributed by atoms with E-state index in [1.54, 1.807) is 24.3 Å². The Morgan fingerprint density at radius 3 is 1.47 bits per heavy atom. The highest BCUT2D eigenvalue weighted by molar-refractivity contribution is 5.91. The summed E-state index contributed by atoms with van der Waals surface area (Å²) < 4.78 is 11.5. The van der Waals surface area contributed by atoms with Crippen LogP contribution in [0.1, 0.15) is 111 Å². The normalized spacial score (nSPS) is 12.1. The van der Waals surface area contributed by atoms with Gasteiger partial charge in [0, 0.05) is 5.41 Å². The zero-order valence-corrected chi connectivity index (χ0v) is 27.3. The lowest BCUT2D eigenvalue weighted by Crippen LogP contribution is -2.29. The Morgan fingerprint density at radius 2 is 1.04 bits per heavy atom. The minimum Gasteiger partial charge on any atom is -0.423 e. The van der Waals surface area contributed by atoms with E-state index in [9.17, 15) is 9.59 Å². The zero-order valence-electron chi connectivity index (χ0n) is 27.3. The lowest BCUT2D eigenvalue weighted by atomic mass is 9.67. The van der Waals surface area contributed by atoms with Gasteiger partial charge in [0.15, 0.2) is 0 Å². The molecule has 4 rings (SSSR count). The molecular formula is C41H48O4. The summed E-state index contributed by atoms with van der Waals surface area (Å²) >= 11 is 0. The highest BCUT2D eigenvalue weighted by Crippen LogP contribution is 2.44. The number of unbranched alkanes of at least 4 members (excludes halogenated alkanes) is 1. The van der Waals surface area contributed by atoms with Gasteiger partial charge in [0.25, 0.3) is 0 Å². The van der Waals surface area contributed by atoms with Gasteiger partial charge in [-0.15, -0.1) is 0 Å². The van der Waals surface area contributed by atoms with Crippen LogP contribution in [0.5, 0.6) is 11.5 Å². The molecule has 0 bridgehead atoms. The van der Waals surface area contributed by atoms with Crippen LogP contribution in [0.25, 0.3) is 0 Å². The van der Waals surface area contributed by atoms with E-state index in [2.05, 4.69) is 52.0 Å². The second-order valence-corrected chi connectivity index (χ2v) is 12.7. The number of rotatable bonds is 16. The van der Waals surface area contributed by atoms with E-state index in [1.165, 1.54) is 36.8 Å². The summed E-state index contributed by atoms with van der Waals surface area (Å²) in [5, 5.41) is 0. The molecule has 0 aromatic heterocycles. The van der Waals surface area contributed by atoms with Crippen molar-refractivity contribution in [3.8, 4) is 11.5 Å². The van der Waals surface area contributed by atoms with Crippen LogP contribution >= 0.6 is 0 Å². The molecule has 0 aliphatic rings. The first kappa shape index (κ1) is 33.7. The highest BCUT2D eigenvalue weighted by atomic mass is 16.5. The quantitative estimate of drug-likeness (QED) is 0.0725. The molecule has 1 unspecified atom stereocenters. The number of hydrogen-bond donors (Lipinski definition) is 0. The van der Waals surface area contributed by atoms with E-state index in [1.807, 2.05) is 60.7 Å². The molecule has 1 atom stereocenters. The molecule has 236 valence electrons. The number of benzene rings is 4. The van der Waals surface area contributed by atoms with E-state index in [-0.39, 0.29) is 17.4 Å². The third-order valence-corrected chi connectivity index (χ3v) is 8.73. The van der Waals surface area contributed by atoms with Gasteiger partial charge in [-0.25, -0.2) is 9.59 Å². The number of hydrogen-bond acceptors (Lipinski definition) is 4. The fourth-order valence-electron chi connectivity index (χ4n) is 6.14. The predicted octanol–water partition coefficient (Wildman–Crippen LogP) is 10.8. The van der Waals surface area contributed by atoms with Crippen molar-refractivity contribution in [1.82, 2.24) is 0 Å². The zero-order chi connectivity index (χ0) is 32.1. The number of carbonyl (C=O) groups excluding carboxylic acids is 2. The van der Waals surface area contributed by atoms with Gasteiger partial charge in [-0.1, -0.05) is 120 Å². The largest absolute Gasteiger partial charge is 0.423 e. The number of ether oxygens (including phenoxy) is 2. The van der Waals surface area contributed by atoms with Crippen molar-refractivity contribution < 1.29 is 19.1 Å². The minimum absolute atomic E-state index is 0.233. The predicted molar refractivity (Wildman–Crippen MR) is 183 cm³/mol. The average Bonchev–Trinajstić information content (AvgIpc) is 3.06. The van der Waals surface area contributed by atoms with Gasteiger partial charge in [0.1, 0.15) is 11.5 Å². The monoisotopic (exact) mass is 604 g/mol. The third kappa shape index (κ3) is 9.65. The Hall–Kier alpha value is -4.18. The van der Waals surface area contributed by atoms with Gasteiger partial charge in [-0.2, -0.15) is 0 Å². The highest BCUT2D eigenvalue weighted by Gasteiger charge is 2.34. The van der Waals surface area contributed by atoms with Crippen molar-refractivity contribution in [3.63, 3.8) is 0 Å². The molecule has 0 saturated heterocycles. The van der Waals surface area contributed by atoms with Gasteiger partial charge in [0.05, 0.1) is 11.1 Å². The number of esters is 2. The standard InChI is InChI=1S/C41H48O4/c1-5-14-32(4)28-30-41(29-13-12-15-31(2)3,35-20-24-37(25-21-35)44-39(42)33-16-8-6-9-17-33)36-22-26-38(27-23-36)45-40(43)34-18-10-7-11-19-34/h6-11,16-27,31-32H,5,12-15,28-30H2,1-4H3. The maximum atomic E-state index is 12.7. The summed E-state index contributed by atoms with van der Waals surface area (Å²) in [6, 6.07) is 34.3. The third-order valence-electron chi connectivity index (χ3n) is 8.73. The van der Waals surface area contributed by atoms with E-state index >= 15 is 0 Å². The molecule has 45 heavy (non-hydrogen) atoms. The molecule has 0 spiro atoms. The second-order valence-electron chi connectivity index (χ2n) is 12.7. The molecule has 4 aromatic carbocycles. The van der Waals surface area contributed by atoms with Gasteiger partial charge < -0.3 is 9.47 Å². The van der Waals surface area contributed by atoms with Crippen LogP contribution in [0.2, 0.25) is 0 Å². The molecule has 0 amide bonds. The Morgan fingerprint density at radius 1 is 0.578 bits per heavy atom. The van der Waals surface area contributed by atoms with Crippen LogP contribution in [0, 0.1) is 11.8 Å². The molecule has 0 N–H and O–H groups in total. The van der Waals surface area contributed by atoms with Gasteiger partial charge in [-0.3, -0.25) is 0 Å². The Balaban J connectivity index is 1.65. The summed E-state index contributed by atoms with van der Waals surface area (Å²) in [6.07, 6.45) is 8.96. The average molecular weight is 605 g/mol. The van der Waals surface area contributed by atoms with Crippen molar-refractivity contribution >= 4 is 11.9 Å². The SMILES string of the molecule is CCCC(C)CCC(CCCCC(C)C)(c1ccc(OC(=O)c2ccccc2)cc1)c1ccc(OC(=O)c2ccccc2)cc1. The fourth-order valence-corrected chi connectivity index (χ4v) is 6.14. The van der Waals surface area contributed by atoms with Gasteiger partial charge >= 0.3 is 11.9 Å². The lowest BCUT2D eigenvalue weighted by Gasteiger charge is -2.37. The van der Waals surface area contributed by atoms with E-state index in [4.69, 9.17) is 9.47 Å². The molecule has 4 heteroatoms. The summed E-state index contributed by atoms with van der Waals surface area (Å²) in [5.74, 6) is 1.62. The van der Waals surface area contributed by atoms with Crippen molar-refractivity contribution in [2.45, 2.75) is 84.5 Å². The molecule has 4 nitrogen and oxygen atoms in total. The first-order valence-corrected chi connectivity index (χ1v) is 16.6. The van der Waals surface area contributed by atoms with Crippen LogP contribution in [0.4, 0.5) is 0 Å². The van der Waals surface area contributed by atoms with Crippen LogP contribution in [0.3, 0.4) is 0 Å². The molecule has 0 aliphatic heterocycles. The smallest absolute Gasteiger partial charge is 0.343 e. The van der Waals surface area contributed by atoms with Gasteiger partial charge in [-0.05, 0) is 90.8 Å².